The predicted octanol–water partition coefficient (Wildman–Crippen LogP) is 1.65. The number of rotatable bonds is 4. The maximum atomic E-state index is 9.90. The quantitative estimate of drug-likeness (QED) is 0.688. The van der Waals surface area contributed by atoms with Gasteiger partial charge in [0, 0.05) is 6.54 Å². The van der Waals surface area contributed by atoms with E-state index in [0.29, 0.717) is 25.0 Å². The second-order valence-electron chi connectivity index (χ2n) is 4.10. The third-order valence-electron chi connectivity index (χ3n) is 1.22. The van der Waals surface area contributed by atoms with Crippen molar-refractivity contribution in [2.24, 2.45) is 17.6 Å². The highest BCUT2D eigenvalue weighted by Gasteiger charge is 1.95. The summed E-state index contributed by atoms with van der Waals surface area (Å²) in [5.74, 6) is 0.758. The number of carbonyl (C=O) groups excluding carboxylic acids is 1. The van der Waals surface area contributed by atoms with Crippen LogP contribution in [0.1, 0.15) is 27.7 Å². The zero-order chi connectivity index (χ0) is 13.1. The SMILES string of the molecule is CC(C)CNC(=O)O.CC(C)COC(N)=O. The van der Waals surface area contributed by atoms with E-state index in [1.54, 1.807) is 0 Å². The van der Waals surface area contributed by atoms with E-state index < -0.39 is 12.2 Å². The lowest BCUT2D eigenvalue weighted by Gasteiger charge is -2.01. The molecule has 0 saturated carbocycles. The normalized spacial score (nSPS) is 9.38. The first-order valence-corrected chi connectivity index (χ1v) is 5.14. The van der Waals surface area contributed by atoms with Crippen LogP contribution in [-0.4, -0.2) is 30.4 Å². The van der Waals surface area contributed by atoms with Crippen LogP contribution in [-0.2, 0) is 4.74 Å². The zero-order valence-corrected chi connectivity index (χ0v) is 10.3. The fourth-order valence-corrected chi connectivity index (χ4v) is 0.540. The van der Waals surface area contributed by atoms with E-state index in [9.17, 15) is 9.59 Å². The number of carboxylic acid groups (broad SMARTS) is 1. The summed E-state index contributed by atoms with van der Waals surface area (Å²) in [5.41, 5.74) is 4.68. The molecular weight excluding hydrogens is 212 g/mol. The Bertz CT molecular complexity index is 183. The van der Waals surface area contributed by atoms with Gasteiger partial charge in [-0.1, -0.05) is 27.7 Å². The van der Waals surface area contributed by atoms with E-state index >= 15 is 0 Å². The third-order valence-corrected chi connectivity index (χ3v) is 1.22. The number of hydrogen-bond donors (Lipinski definition) is 3. The summed E-state index contributed by atoms with van der Waals surface area (Å²) in [5, 5.41) is 10.3. The van der Waals surface area contributed by atoms with E-state index in [2.05, 4.69) is 15.8 Å². The minimum atomic E-state index is -0.946. The highest BCUT2D eigenvalue weighted by Crippen LogP contribution is 1.90. The smallest absolute Gasteiger partial charge is 0.404 e. The molecule has 0 unspecified atom stereocenters. The van der Waals surface area contributed by atoms with Gasteiger partial charge in [-0.2, -0.15) is 0 Å². The second-order valence-corrected chi connectivity index (χ2v) is 4.10. The molecule has 0 aliphatic heterocycles. The van der Waals surface area contributed by atoms with Crippen molar-refractivity contribution in [3.05, 3.63) is 0 Å². The van der Waals surface area contributed by atoms with Gasteiger partial charge in [0.05, 0.1) is 6.61 Å². The minimum Gasteiger partial charge on any atom is -0.465 e. The summed E-state index contributed by atoms with van der Waals surface area (Å²) in [4.78, 5) is 19.7. The number of nitrogens with one attached hydrogen (secondary N) is 1. The van der Waals surface area contributed by atoms with Gasteiger partial charge < -0.3 is 20.9 Å². The largest absolute Gasteiger partial charge is 0.465 e. The molecule has 2 amide bonds. The van der Waals surface area contributed by atoms with Gasteiger partial charge in [0.2, 0.25) is 0 Å². The number of hydrogen-bond acceptors (Lipinski definition) is 3. The molecule has 96 valence electrons. The molecule has 0 aromatic carbocycles. The molecule has 0 atom stereocenters. The van der Waals surface area contributed by atoms with Crippen molar-refractivity contribution in [2.75, 3.05) is 13.2 Å². The molecule has 0 rings (SSSR count). The van der Waals surface area contributed by atoms with Gasteiger partial charge in [0.15, 0.2) is 0 Å². The number of carbonyl (C=O) groups is 2. The van der Waals surface area contributed by atoms with Gasteiger partial charge in [-0.3, -0.25) is 0 Å². The van der Waals surface area contributed by atoms with Crippen molar-refractivity contribution in [1.29, 1.82) is 0 Å². The summed E-state index contributed by atoms with van der Waals surface area (Å²) in [7, 11) is 0. The van der Waals surface area contributed by atoms with Crippen LogP contribution < -0.4 is 11.1 Å². The Morgan fingerprint density at radius 1 is 1.25 bits per heavy atom. The molecule has 6 heteroatoms. The number of amides is 2. The molecule has 0 aliphatic carbocycles. The van der Waals surface area contributed by atoms with Crippen molar-refractivity contribution < 1.29 is 19.4 Å². The first kappa shape index (κ1) is 17.0. The Balaban J connectivity index is 0. The van der Waals surface area contributed by atoms with Gasteiger partial charge in [-0.15, -0.1) is 0 Å². The Labute approximate surface area is 96.2 Å². The van der Waals surface area contributed by atoms with Crippen molar-refractivity contribution in [3.63, 3.8) is 0 Å². The summed E-state index contributed by atoms with van der Waals surface area (Å²) in [6, 6.07) is 0. The van der Waals surface area contributed by atoms with Crippen LogP contribution in [0.25, 0.3) is 0 Å². The fourth-order valence-electron chi connectivity index (χ4n) is 0.540. The van der Waals surface area contributed by atoms with Gasteiger partial charge in [0.1, 0.15) is 0 Å². The van der Waals surface area contributed by atoms with Crippen LogP contribution >= 0.6 is 0 Å². The van der Waals surface area contributed by atoms with Crippen molar-refractivity contribution in [3.8, 4) is 0 Å². The Morgan fingerprint density at radius 3 is 1.88 bits per heavy atom. The Morgan fingerprint density at radius 2 is 1.75 bits per heavy atom. The second kappa shape index (κ2) is 10.1. The van der Waals surface area contributed by atoms with Crippen LogP contribution in [0.3, 0.4) is 0 Å². The van der Waals surface area contributed by atoms with E-state index in [0.717, 1.165) is 0 Å². The summed E-state index contributed by atoms with van der Waals surface area (Å²) >= 11 is 0. The maximum Gasteiger partial charge on any atom is 0.404 e. The lowest BCUT2D eigenvalue weighted by atomic mass is 10.2. The lowest BCUT2D eigenvalue weighted by molar-refractivity contribution is 0.143. The molecule has 4 N–H and O–H groups in total. The van der Waals surface area contributed by atoms with Gasteiger partial charge in [0.25, 0.3) is 0 Å². The molecule has 0 fully saturated rings. The van der Waals surface area contributed by atoms with Crippen molar-refractivity contribution in [2.45, 2.75) is 27.7 Å². The third kappa shape index (κ3) is 22.9. The van der Waals surface area contributed by atoms with Crippen molar-refractivity contribution >= 4 is 12.2 Å². The van der Waals surface area contributed by atoms with Crippen LogP contribution in [0.5, 0.6) is 0 Å². The van der Waals surface area contributed by atoms with E-state index in [1.807, 2.05) is 27.7 Å². The minimum absolute atomic E-state index is 0.363. The predicted molar refractivity (Wildman–Crippen MR) is 61.2 cm³/mol. The lowest BCUT2D eigenvalue weighted by Crippen LogP contribution is -2.24. The molecule has 0 aromatic rings. The van der Waals surface area contributed by atoms with Gasteiger partial charge in [-0.05, 0) is 11.8 Å². The fraction of sp³-hybridized carbons (Fsp3) is 0.800. The highest BCUT2D eigenvalue weighted by atomic mass is 16.5. The highest BCUT2D eigenvalue weighted by molar-refractivity contribution is 5.64. The van der Waals surface area contributed by atoms with Crippen LogP contribution in [0.4, 0.5) is 9.59 Å². The molecule has 0 aromatic heterocycles. The Kier molecular flexibility index (Phi) is 10.7. The topological polar surface area (TPSA) is 102 Å². The monoisotopic (exact) mass is 234 g/mol. The van der Waals surface area contributed by atoms with Crippen LogP contribution in [0.15, 0.2) is 0 Å². The summed E-state index contributed by atoms with van der Waals surface area (Å²) < 4.78 is 4.44. The standard InChI is InChI=1S/2C5H11NO2/c1-4(2)3-8-5(6)7;1-4(2)3-6-5(7)8/h4H,3H2,1-2H3,(H2,6,7);4,6H,3H2,1-2H3,(H,7,8). The molecular formula is C10H22N2O4. The molecule has 0 saturated heterocycles. The maximum absolute atomic E-state index is 9.90. The average Bonchev–Trinajstić information content (AvgIpc) is 2.12. The molecule has 0 aliphatic rings. The zero-order valence-electron chi connectivity index (χ0n) is 10.3. The van der Waals surface area contributed by atoms with E-state index in [1.165, 1.54) is 0 Å². The number of ether oxygens (including phenoxy) is 1. The number of primary amides is 1. The first-order valence-electron chi connectivity index (χ1n) is 5.14. The Hall–Kier alpha value is -1.46. The molecule has 0 radical (unpaired) electrons. The van der Waals surface area contributed by atoms with Gasteiger partial charge >= 0.3 is 12.2 Å². The van der Waals surface area contributed by atoms with Crippen molar-refractivity contribution in [1.82, 2.24) is 5.32 Å². The number of nitrogens with two attached hydrogens (primary N) is 1. The van der Waals surface area contributed by atoms with E-state index in [4.69, 9.17) is 5.11 Å². The summed E-state index contributed by atoms with van der Waals surface area (Å²) in [6.07, 6.45) is -1.64. The molecule has 0 heterocycles. The van der Waals surface area contributed by atoms with Gasteiger partial charge in [-0.25, -0.2) is 9.59 Å². The first-order chi connectivity index (χ1) is 7.25. The molecule has 6 nitrogen and oxygen atoms in total. The molecule has 16 heavy (non-hydrogen) atoms. The summed E-state index contributed by atoms with van der Waals surface area (Å²) in [6.45, 7) is 8.75. The molecule has 0 spiro atoms. The molecule has 0 bridgehead atoms. The van der Waals surface area contributed by atoms with Crippen LogP contribution in [0.2, 0.25) is 0 Å². The average molecular weight is 234 g/mol. The van der Waals surface area contributed by atoms with E-state index in [-0.39, 0.29) is 0 Å². The van der Waals surface area contributed by atoms with Crippen LogP contribution in [0, 0.1) is 11.8 Å².